The normalized spacial score (nSPS) is 14.8. The number of H-pyrrole nitrogens is 1. The first kappa shape index (κ1) is 22.6. The van der Waals surface area contributed by atoms with Gasteiger partial charge < -0.3 is 25.0 Å². The number of carbonyl (C=O) groups excluding carboxylic acids is 2. The van der Waals surface area contributed by atoms with Crippen LogP contribution in [0.2, 0.25) is 0 Å². The van der Waals surface area contributed by atoms with E-state index in [1.54, 1.807) is 25.1 Å². The maximum absolute atomic E-state index is 12.2. The van der Waals surface area contributed by atoms with Crippen molar-refractivity contribution in [3.8, 4) is 22.8 Å². The van der Waals surface area contributed by atoms with E-state index in [9.17, 15) is 14.7 Å². The molecule has 31 heavy (non-hydrogen) atoms. The summed E-state index contributed by atoms with van der Waals surface area (Å²) in [6, 6.07) is 6.69. The summed E-state index contributed by atoms with van der Waals surface area (Å²) in [5.41, 5.74) is 1.19. The van der Waals surface area contributed by atoms with Crippen LogP contribution in [0.4, 0.5) is 5.82 Å². The molecule has 1 fully saturated rings. The van der Waals surface area contributed by atoms with Gasteiger partial charge in [0, 0.05) is 50.7 Å². The molecule has 2 amide bonds. The van der Waals surface area contributed by atoms with Crippen molar-refractivity contribution in [2.45, 2.75) is 32.6 Å². The maximum Gasteiger partial charge on any atom is 0.225 e. The topological polar surface area (TPSA) is 111 Å². The van der Waals surface area contributed by atoms with E-state index in [1.807, 2.05) is 4.90 Å². The molecule has 0 atom stereocenters. The predicted octanol–water partition coefficient (Wildman–Crippen LogP) is 2.45. The summed E-state index contributed by atoms with van der Waals surface area (Å²) in [6.07, 6.45) is 3.13. The Labute approximate surface area is 182 Å². The first-order valence-electron chi connectivity index (χ1n) is 10.7. The Morgan fingerprint density at radius 2 is 2.03 bits per heavy atom. The predicted molar refractivity (Wildman–Crippen MR) is 118 cm³/mol. The molecule has 0 spiro atoms. The van der Waals surface area contributed by atoms with Crippen LogP contribution < -0.4 is 10.1 Å². The highest BCUT2D eigenvalue weighted by molar-refractivity contribution is 5.90. The molecule has 1 aliphatic rings. The fourth-order valence-corrected chi connectivity index (χ4v) is 3.73. The van der Waals surface area contributed by atoms with Crippen molar-refractivity contribution in [3.63, 3.8) is 0 Å². The molecule has 1 aromatic carbocycles. The van der Waals surface area contributed by atoms with E-state index in [1.165, 1.54) is 13.2 Å². The molecule has 0 radical (unpaired) electrons. The van der Waals surface area contributed by atoms with Crippen LogP contribution in [-0.2, 0) is 9.59 Å². The number of methoxy groups -OCH3 is 1. The number of hydrogen-bond donors (Lipinski definition) is 3. The van der Waals surface area contributed by atoms with Crippen molar-refractivity contribution in [1.29, 1.82) is 0 Å². The molecule has 0 aliphatic carbocycles. The van der Waals surface area contributed by atoms with Crippen LogP contribution in [0, 0.1) is 0 Å². The van der Waals surface area contributed by atoms with Gasteiger partial charge in [-0.25, -0.2) is 0 Å². The van der Waals surface area contributed by atoms with Gasteiger partial charge in [0.2, 0.25) is 11.8 Å². The molecule has 0 unspecified atom stereocenters. The van der Waals surface area contributed by atoms with Gasteiger partial charge in [0.1, 0.15) is 11.5 Å². The second-order valence-electron chi connectivity index (χ2n) is 7.76. The van der Waals surface area contributed by atoms with Crippen LogP contribution in [0.1, 0.15) is 32.6 Å². The molecule has 0 bridgehead atoms. The molecule has 1 aliphatic heterocycles. The van der Waals surface area contributed by atoms with E-state index in [0.717, 1.165) is 52.0 Å². The largest absolute Gasteiger partial charge is 0.507 e. The van der Waals surface area contributed by atoms with Crippen molar-refractivity contribution in [3.05, 3.63) is 24.3 Å². The van der Waals surface area contributed by atoms with Gasteiger partial charge in [-0.2, -0.15) is 5.10 Å². The fraction of sp³-hybridized carbons (Fsp3) is 0.500. The monoisotopic (exact) mass is 429 g/mol. The molecule has 9 heteroatoms. The Morgan fingerprint density at radius 1 is 1.19 bits per heavy atom. The highest BCUT2D eigenvalue weighted by Gasteiger charge is 2.16. The lowest BCUT2D eigenvalue weighted by atomic mass is 10.1. The Balaban J connectivity index is 1.40. The summed E-state index contributed by atoms with van der Waals surface area (Å²) in [7, 11) is 1.54. The third-order valence-corrected chi connectivity index (χ3v) is 5.50. The van der Waals surface area contributed by atoms with E-state index in [4.69, 9.17) is 4.74 Å². The molecule has 1 saturated heterocycles. The lowest BCUT2D eigenvalue weighted by molar-refractivity contribution is -0.128. The number of aromatic amines is 1. The lowest BCUT2D eigenvalue weighted by Crippen LogP contribution is -2.34. The number of carbonyl (C=O) groups is 2. The van der Waals surface area contributed by atoms with Crippen molar-refractivity contribution >= 4 is 17.6 Å². The number of nitrogens with one attached hydrogen (secondary N) is 2. The number of ether oxygens (including phenoxy) is 1. The second kappa shape index (κ2) is 10.8. The first-order chi connectivity index (χ1) is 15.0. The average molecular weight is 430 g/mol. The molecular weight excluding hydrogens is 398 g/mol. The van der Waals surface area contributed by atoms with E-state index in [2.05, 4.69) is 20.4 Å². The Kier molecular flexibility index (Phi) is 7.88. The number of aromatic nitrogens is 2. The average Bonchev–Trinajstić information content (AvgIpc) is 3.06. The minimum atomic E-state index is -0.0874. The first-order valence-corrected chi connectivity index (χ1v) is 10.7. The zero-order valence-corrected chi connectivity index (χ0v) is 18.2. The minimum absolute atomic E-state index is 0.0702. The molecule has 0 saturated carbocycles. The van der Waals surface area contributed by atoms with Crippen molar-refractivity contribution in [2.24, 2.45) is 0 Å². The second-order valence-corrected chi connectivity index (χ2v) is 7.76. The van der Waals surface area contributed by atoms with E-state index >= 15 is 0 Å². The zero-order valence-electron chi connectivity index (χ0n) is 18.2. The van der Waals surface area contributed by atoms with Crippen molar-refractivity contribution < 1.29 is 19.4 Å². The summed E-state index contributed by atoms with van der Waals surface area (Å²) in [4.78, 5) is 28.0. The fourth-order valence-electron chi connectivity index (χ4n) is 3.73. The maximum atomic E-state index is 12.2. The highest BCUT2D eigenvalue weighted by atomic mass is 16.5. The summed E-state index contributed by atoms with van der Waals surface area (Å²) in [5, 5.41) is 19.9. The summed E-state index contributed by atoms with van der Waals surface area (Å²) < 4.78 is 5.09. The number of rotatable bonds is 8. The molecule has 1 aromatic heterocycles. The number of phenols is 1. The van der Waals surface area contributed by atoms with Crippen LogP contribution in [0.3, 0.4) is 0 Å². The molecule has 2 aromatic rings. The number of nitrogens with zero attached hydrogens (tertiary/aromatic N) is 3. The van der Waals surface area contributed by atoms with Gasteiger partial charge in [0.05, 0.1) is 12.8 Å². The Hall–Kier alpha value is -3.07. The molecular formula is C22H31N5O4. The zero-order chi connectivity index (χ0) is 22.2. The summed E-state index contributed by atoms with van der Waals surface area (Å²) in [5.74, 6) is 1.11. The van der Waals surface area contributed by atoms with Crippen LogP contribution in [0.5, 0.6) is 11.5 Å². The van der Waals surface area contributed by atoms with Gasteiger partial charge in [-0.1, -0.05) is 0 Å². The van der Waals surface area contributed by atoms with E-state index < -0.39 is 0 Å². The Bertz CT molecular complexity index is 898. The molecule has 3 rings (SSSR count). The number of amides is 2. The van der Waals surface area contributed by atoms with Crippen LogP contribution in [-0.4, -0.2) is 76.8 Å². The van der Waals surface area contributed by atoms with Crippen LogP contribution in [0.15, 0.2) is 24.3 Å². The van der Waals surface area contributed by atoms with Gasteiger partial charge >= 0.3 is 0 Å². The summed E-state index contributed by atoms with van der Waals surface area (Å²) in [6.45, 7) is 6.04. The number of phenolic OH excluding ortho intramolecular Hbond substituents is 1. The number of hydrogen-bond acceptors (Lipinski definition) is 6. The highest BCUT2D eigenvalue weighted by Crippen LogP contribution is 2.32. The molecule has 2 heterocycles. The van der Waals surface area contributed by atoms with Gasteiger partial charge in [-0.15, -0.1) is 0 Å². The van der Waals surface area contributed by atoms with E-state index in [0.29, 0.717) is 29.2 Å². The van der Waals surface area contributed by atoms with E-state index in [-0.39, 0.29) is 17.6 Å². The third-order valence-electron chi connectivity index (χ3n) is 5.50. The lowest BCUT2D eigenvalue weighted by Gasteiger charge is -2.20. The number of unbranched alkanes of at least 4 members (excludes halogenated alkanes) is 1. The number of anilines is 1. The molecule has 9 nitrogen and oxygen atoms in total. The van der Waals surface area contributed by atoms with Crippen molar-refractivity contribution in [1.82, 2.24) is 20.0 Å². The van der Waals surface area contributed by atoms with Gasteiger partial charge in [-0.05, 0) is 44.5 Å². The van der Waals surface area contributed by atoms with Gasteiger partial charge in [-0.3, -0.25) is 14.7 Å². The minimum Gasteiger partial charge on any atom is -0.507 e. The van der Waals surface area contributed by atoms with Crippen molar-refractivity contribution in [2.75, 3.05) is 45.2 Å². The quantitative estimate of drug-likeness (QED) is 0.556. The SMILES string of the molecule is COc1ccc(-c2cc(NC(=O)CCCCN3CCCN(C(C)=O)CC3)n[nH]2)c(O)c1. The standard InChI is InChI=1S/C22H31N5O4/c1-16(28)27-11-5-10-26(12-13-27)9-4-3-6-22(30)23-21-15-19(24-25-21)18-8-7-17(31-2)14-20(18)29/h7-8,14-15,29H,3-6,9-13H2,1-2H3,(H2,23,24,25,30). The summed E-state index contributed by atoms with van der Waals surface area (Å²) >= 11 is 0. The number of benzene rings is 1. The third kappa shape index (κ3) is 6.45. The van der Waals surface area contributed by atoms with Gasteiger partial charge in [0.15, 0.2) is 5.82 Å². The Morgan fingerprint density at radius 3 is 2.77 bits per heavy atom. The molecule has 3 N–H and O–H groups in total. The molecule has 168 valence electrons. The van der Waals surface area contributed by atoms with Crippen LogP contribution in [0.25, 0.3) is 11.3 Å². The smallest absolute Gasteiger partial charge is 0.225 e. The van der Waals surface area contributed by atoms with Crippen LogP contribution >= 0.6 is 0 Å². The van der Waals surface area contributed by atoms with Gasteiger partial charge in [0.25, 0.3) is 0 Å². The number of aromatic hydroxyl groups is 1.